The highest BCUT2D eigenvalue weighted by atomic mass is 35.5. The number of halogens is 1. The lowest BCUT2D eigenvalue weighted by molar-refractivity contribution is -0.133. The van der Waals surface area contributed by atoms with Crippen molar-refractivity contribution in [2.24, 2.45) is 0 Å². The summed E-state index contributed by atoms with van der Waals surface area (Å²) in [5, 5.41) is 3.46. The van der Waals surface area contributed by atoms with Gasteiger partial charge in [0, 0.05) is 62.8 Å². The van der Waals surface area contributed by atoms with E-state index in [9.17, 15) is 14.4 Å². The molecule has 180 valence electrons. The molecule has 10 heteroatoms. The first kappa shape index (κ1) is 23.8. The lowest BCUT2D eigenvalue weighted by Gasteiger charge is -2.36. The van der Waals surface area contributed by atoms with Gasteiger partial charge in [0.2, 0.25) is 11.8 Å². The van der Waals surface area contributed by atoms with Crippen molar-refractivity contribution in [2.45, 2.75) is 39.8 Å². The third-order valence-corrected chi connectivity index (χ3v) is 6.40. The number of fused-ring (bicyclic) bond motifs is 1. The van der Waals surface area contributed by atoms with Gasteiger partial charge >= 0.3 is 5.69 Å². The molecule has 9 nitrogen and oxygen atoms in total. The summed E-state index contributed by atoms with van der Waals surface area (Å²) in [6, 6.07) is 11.2. The molecule has 3 aromatic rings. The Morgan fingerprint density at radius 2 is 1.62 bits per heavy atom. The molecular formula is C24H29ClN6O3. The molecule has 1 fully saturated rings. The Kier molecular flexibility index (Phi) is 7.21. The molecule has 0 saturated carbocycles. The van der Waals surface area contributed by atoms with Crippen LogP contribution in [0.4, 0.5) is 11.5 Å². The number of carbonyl (C=O) groups is 2. The van der Waals surface area contributed by atoms with Crippen molar-refractivity contribution >= 4 is 46.1 Å². The number of aryl methyl sites for hydroxylation is 2. The number of nitrogens with zero attached hydrogens (tertiary/aromatic N) is 5. The molecule has 1 aliphatic rings. The van der Waals surface area contributed by atoms with Crippen molar-refractivity contribution in [3.63, 3.8) is 0 Å². The van der Waals surface area contributed by atoms with Crippen LogP contribution in [0.1, 0.15) is 26.7 Å². The Morgan fingerprint density at radius 1 is 0.941 bits per heavy atom. The molecule has 2 amide bonds. The second-order valence-electron chi connectivity index (χ2n) is 8.20. The Bertz CT molecular complexity index is 1240. The Hall–Kier alpha value is -3.33. The number of imidazole rings is 1. The zero-order valence-corrected chi connectivity index (χ0v) is 20.2. The average molecular weight is 485 g/mol. The van der Waals surface area contributed by atoms with Crippen LogP contribution in [0.5, 0.6) is 0 Å². The van der Waals surface area contributed by atoms with Gasteiger partial charge in [-0.15, -0.1) is 0 Å². The number of carbonyl (C=O) groups excluding carboxylic acids is 2. The van der Waals surface area contributed by atoms with Crippen LogP contribution in [0.25, 0.3) is 11.2 Å². The van der Waals surface area contributed by atoms with Crippen molar-refractivity contribution in [2.75, 3.05) is 36.4 Å². The fourth-order valence-electron chi connectivity index (χ4n) is 4.30. The van der Waals surface area contributed by atoms with E-state index in [0.717, 1.165) is 24.3 Å². The zero-order chi connectivity index (χ0) is 24.2. The lowest BCUT2D eigenvalue weighted by Crippen LogP contribution is -2.48. The summed E-state index contributed by atoms with van der Waals surface area (Å²) >= 11 is 5.96. The summed E-state index contributed by atoms with van der Waals surface area (Å²) in [7, 11) is 0. The maximum Gasteiger partial charge on any atom is 0.330 e. The van der Waals surface area contributed by atoms with Crippen LogP contribution in [0.2, 0.25) is 5.02 Å². The van der Waals surface area contributed by atoms with Crippen LogP contribution in [0.3, 0.4) is 0 Å². The van der Waals surface area contributed by atoms with Crippen LogP contribution in [-0.4, -0.2) is 57.0 Å². The van der Waals surface area contributed by atoms with Crippen molar-refractivity contribution in [1.82, 2.24) is 19.0 Å². The molecule has 0 radical (unpaired) electrons. The number of aromatic nitrogens is 3. The number of piperazine rings is 1. The highest BCUT2D eigenvalue weighted by molar-refractivity contribution is 6.30. The summed E-state index contributed by atoms with van der Waals surface area (Å²) < 4.78 is 3.24. The molecule has 1 saturated heterocycles. The highest BCUT2D eigenvalue weighted by Crippen LogP contribution is 2.20. The van der Waals surface area contributed by atoms with E-state index in [0.29, 0.717) is 42.7 Å². The number of amides is 2. The highest BCUT2D eigenvalue weighted by Gasteiger charge is 2.22. The average Bonchev–Trinajstić information content (AvgIpc) is 3.12. The maximum atomic E-state index is 12.6. The second kappa shape index (κ2) is 10.3. The summed E-state index contributed by atoms with van der Waals surface area (Å²) in [6.07, 6.45) is 0.216. The molecule has 1 aromatic carbocycles. The van der Waals surface area contributed by atoms with Crippen molar-refractivity contribution in [3.8, 4) is 0 Å². The monoisotopic (exact) mass is 484 g/mol. The van der Waals surface area contributed by atoms with E-state index in [-0.39, 0.29) is 30.3 Å². The van der Waals surface area contributed by atoms with Gasteiger partial charge in [0.1, 0.15) is 5.82 Å². The summed E-state index contributed by atoms with van der Waals surface area (Å²) in [6.45, 7) is 7.53. The van der Waals surface area contributed by atoms with E-state index < -0.39 is 0 Å². The van der Waals surface area contributed by atoms with Crippen LogP contribution in [-0.2, 0) is 22.7 Å². The maximum absolute atomic E-state index is 12.6. The summed E-state index contributed by atoms with van der Waals surface area (Å²) in [4.78, 5) is 46.1. The van der Waals surface area contributed by atoms with Gasteiger partial charge in [-0.05, 0) is 50.2 Å². The van der Waals surface area contributed by atoms with Crippen LogP contribution in [0, 0.1) is 0 Å². The minimum absolute atomic E-state index is 0.0332. The minimum Gasteiger partial charge on any atom is -0.368 e. The number of hydrogen-bond acceptors (Lipinski definition) is 5. The van der Waals surface area contributed by atoms with Crippen molar-refractivity contribution in [1.29, 1.82) is 0 Å². The third kappa shape index (κ3) is 4.94. The number of hydrogen-bond donors (Lipinski definition) is 1. The van der Waals surface area contributed by atoms with Crippen molar-refractivity contribution in [3.05, 3.63) is 51.9 Å². The second-order valence-corrected chi connectivity index (χ2v) is 8.64. The molecule has 0 bridgehead atoms. The van der Waals surface area contributed by atoms with E-state index in [2.05, 4.69) is 15.2 Å². The van der Waals surface area contributed by atoms with Gasteiger partial charge in [-0.2, -0.15) is 0 Å². The van der Waals surface area contributed by atoms with E-state index >= 15 is 0 Å². The summed E-state index contributed by atoms with van der Waals surface area (Å²) in [5.41, 5.74) is 2.25. The summed E-state index contributed by atoms with van der Waals surface area (Å²) in [5.74, 6) is 0.0615. The molecule has 2 aromatic heterocycles. The lowest BCUT2D eigenvalue weighted by atomic mass is 10.2. The molecule has 3 heterocycles. The molecule has 34 heavy (non-hydrogen) atoms. The van der Waals surface area contributed by atoms with E-state index in [1.54, 1.807) is 26.2 Å². The zero-order valence-electron chi connectivity index (χ0n) is 19.5. The number of rotatable bonds is 7. The van der Waals surface area contributed by atoms with Gasteiger partial charge in [-0.3, -0.25) is 18.7 Å². The predicted molar refractivity (Wildman–Crippen MR) is 133 cm³/mol. The Labute approximate surface area is 202 Å². The third-order valence-electron chi connectivity index (χ3n) is 6.15. The Balaban J connectivity index is 1.30. The number of benzene rings is 1. The largest absolute Gasteiger partial charge is 0.368 e. The van der Waals surface area contributed by atoms with Gasteiger partial charge in [-0.25, -0.2) is 9.78 Å². The normalized spacial score (nSPS) is 14.0. The molecular weight excluding hydrogens is 456 g/mol. The van der Waals surface area contributed by atoms with E-state index in [1.165, 1.54) is 0 Å². The number of anilines is 2. The SMILES string of the molecule is CCn1c(=O)n(CC)c2nc(NC(=O)CCC(=O)N3CCN(c4ccc(Cl)cc4)CC3)ccc21. The van der Waals surface area contributed by atoms with Gasteiger partial charge < -0.3 is 15.1 Å². The first-order valence-corrected chi connectivity index (χ1v) is 12.0. The minimum atomic E-state index is -0.277. The Morgan fingerprint density at radius 3 is 2.26 bits per heavy atom. The first-order valence-electron chi connectivity index (χ1n) is 11.6. The molecule has 1 N–H and O–H groups in total. The molecule has 0 aliphatic carbocycles. The van der Waals surface area contributed by atoms with E-state index in [1.807, 2.05) is 38.1 Å². The number of pyridine rings is 1. The molecule has 0 unspecified atom stereocenters. The van der Waals surface area contributed by atoms with Crippen LogP contribution in [0.15, 0.2) is 41.2 Å². The predicted octanol–water partition coefficient (Wildman–Crippen LogP) is 2.96. The molecule has 4 rings (SSSR count). The fraction of sp³-hybridized carbons (Fsp3) is 0.417. The van der Waals surface area contributed by atoms with Gasteiger partial charge in [0.25, 0.3) is 0 Å². The fourth-order valence-corrected chi connectivity index (χ4v) is 4.43. The topological polar surface area (TPSA) is 92.5 Å². The van der Waals surface area contributed by atoms with Gasteiger partial charge in [-0.1, -0.05) is 11.6 Å². The molecule has 0 spiro atoms. The number of nitrogens with one attached hydrogen (secondary N) is 1. The van der Waals surface area contributed by atoms with E-state index in [4.69, 9.17) is 11.6 Å². The van der Waals surface area contributed by atoms with Crippen LogP contribution >= 0.6 is 11.6 Å². The smallest absolute Gasteiger partial charge is 0.330 e. The van der Waals surface area contributed by atoms with Gasteiger partial charge in [0.05, 0.1) is 5.52 Å². The van der Waals surface area contributed by atoms with Gasteiger partial charge in [0.15, 0.2) is 5.65 Å². The van der Waals surface area contributed by atoms with Crippen molar-refractivity contribution < 1.29 is 9.59 Å². The standard InChI is InChI=1S/C24H29ClN6O3/c1-3-30-19-9-10-20(27-23(19)31(4-2)24(30)34)26-21(32)11-12-22(33)29-15-13-28(14-16-29)18-7-5-17(25)6-8-18/h5-10H,3-4,11-16H2,1-2H3,(H,26,27,32). The first-order chi connectivity index (χ1) is 16.4. The molecule has 1 aliphatic heterocycles. The van der Waals surface area contributed by atoms with Crippen LogP contribution < -0.4 is 15.9 Å². The molecule has 0 atom stereocenters. The quantitative estimate of drug-likeness (QED) is 0.556.